The molecule has 2 aliphatic rings. The Balaban J connectivity index is 1.42. The lowest BCUT2D eigenvalue weighted by atomic mass is 10.2. The van der Waals surface area contributed by atoms with Gasteiger partial charge in [0.1, 0.15) is 5.75 Å². The molecule has 0 unspecified atom stereocenters. The molecule has 2 aromatic rings. The number of hydrogen-bond donors (Lipinski definition) is 1. The summed E-state index contributed by atoms with van der Waals surface area (Å²) < 4.78 is 19.1. The molecule has 0 saturated carbocycles. The van der Waals surface area contributed by atoms with Gasteiger partial charge in [-0.2, -0.15) is 4.99 Å². The third-order valence-corrected chi connectivity index (χ3v) is 6.03. The summed E-state index contributed by atoms with van der Waals surface area (Å²) in [7, 11) is 1.44. The van der Waals surface area contributed by atoms with E-state index in [0.29, 0.717) is 34.4 Å². The smallest absolute Gasteiger partial charge is 0.286 e. The van der Waals surface area contributed by atoms with Gasteiger partial charge in [-0.1, -0.05) is 30.0 Å². The van der Waals surface area contributed by atoms with Crippen LogP contribution in [-0.2, 0) is 4.79 Å². The highest BCUT2D eigenvalue weighted by atomic mass is 32.2. The predicted molar refractivity (Wildman–Crippen MR) is 109 cm³/mol. The van der Waals surface area contributed by atoms with Gasteiger partial charge in [0.15, 0.2) is 16.7 Å². The molecule has 2 aliphatic heterocycles. The van der Waals surface area contributed by atoms with E-state index in [1.54, 1.807) is 24.3 Å². The fourth-order valence-corrected chi connectivity index (χ4v) is 4.41. The van der Waals surface area contributed by atoms with Crippen molar-refractivity contribution in [2.24, 2.45) is 4.99 Å². The number of aliphatic imine (C=N–C) groups is 1. The number of hydrogen-bond acceptors (Lipinski definition) is 5. The van der Waals surface area contributed by atoms with Crippen molar-refractivity contribution in [1.29, 1.82) is 0 Å². The Bertz CT molecular complexity index is 1000. The van der Waals surface area contributed by atoms with Gasteiger partial charge in [0.2, 0.25) is 0 Å². The molecular weight excluding hydrogens is 393 g/mol. The van der Waals surface area contributed by atoms with Gasteiger partial charge in [0, 0.05) is 6.07 Å². The number of carbonyl (C=O) groups excluding carboxylic acids is 1. The normalized spacial score (nSPS) is 19.0. The van der Waals surface area contributed by atoms with Crippen molar-refractivity contribution in [2.45, 2.75) is 0 Å². The SMILES string of the molecule is COc1cc(/C=C2\SC(N3CC[NH+](c4ccccc4F)CC3)=NC2=O)ccc1[O-]. The largest absolute Gasteiger partial charge is 0.870 e. The van der Waals surface area contributed by atoms with Crippen LogP contribution in [0.15, 0.2) is 52.4 Å². The molecule has 8 heteroatoms. The minimum absolute atomic E-state index is 0.191. The second-order valence-corrected chi connectivity index (χ2v) is 7.80. The standard InChI is InChI=1S/C21H20FN3O3S/c1-28-18-12-14(6-7-17(18)26)13-19-20(27)23-21(29-19)25-10-8-24(9-11-25)16-5-3-2-4-15(16)22/h2-7,12-13,26H,8-11H2,1H3/b19-13-. The molecule has 2 heterocycles. The molecule has 0 aliphatic carbocycles. The Labute approximate surface area is 172 Å². The summed E-state index contributed by atoms with van der Waals surface area (Å²) >= 11 is 1.32. The molecule has 0 spiro atoms. The monoisotopic (exact) mass is 413 g/mol. The Morgan fingerprint density at radius 2 is 2.00 bits per heavy atom. The van der Waals surface area contributed by atoms with Crippen molar-refractivity contribution in [3.05, 3.63) is 58.8 Å². The summed E-state index contributed by atoms with van der Waals surface area (Å²) in [5.74, 6) is -0.446. The first-order valence-corrected chi connectivity index (χ1v) is 10.1. The van der Waals surface area contributed by atoms with Crippen LogP contribution in [0.4, 0.5) is 10.1 Å². The first-order chi connectivity index (χ1) is 14.0. The average Bonchev–Trinajstić information content (AvgIpc) is 3.10. The number of rotatable bonds is 3. The number of halogens is 1. The Morgan fingerprint density at radius 3 is 2.72 bits per heavy atom. The zero-order chi connectivity index (χ0) is 20.4. The van der Waals surface area contributed by atoms with Crippen molar-refractivity contribution in [3.63, 3.8) is 0 Å². The number of nitrogens with zero attached hydrogens (tertiary/aromatic N) is 2. The summed E-state index contributed by atoms with van der Waals surface area (Å²) in [6.45, 7) is 2.84. The van der Waals surface area contributed by atoms with Crippen LogP contribution in [0, 0.1) is 5.82 Å². The van der Waals surface area contributed by atoms with Crippen molar-refractivity contribution < 1.29 is 23.9 Å². The van der Waals surface area contributed by atoms with Gasteiger partial charge in [-0.05, 0) is 35.5 Å². The molecule has 1 N–H and O–H groups in total. The van der Waals surface area contributed by atoms with Crippen molar-refractivity contribution >= 4 is 34.6 Å². The van der Waals surface area contributed by atoms with Crippen LogP contribution in [0.3, 0.4) is 0 Å². The molecule has 0 aromatic heterocycles. The molecular formula is C21H20FN3O3S. The number of piperazine rings is 1. The van der Waals surface area contributed by atoms with Crippen molar-refractivity contribution in [3.8, 4) is 11.5 Å². The van der Waals surface area contributed by atoms with E-state index >= 15 is 0 Å². The molecule has 1 amide bonds. The van der Waals surface area contributed by atoms with Gasteiger partial charge in [-0.25, -0.2) is 4.39 Å². The third-order valence-electron chi connectivity index (χ3n) is 4.99. The minimum atomic E-state index is -0.293. The van der Waals surface area contributed by atoms with Gasteiger partial charge in [0.05, 0.1) is 38.2 Å². The maximum Gasteiger partial charge on any atom is 0.286 e. The number of quaternary nitrogens is 1. The van der Waals surface area contributed by atoms with E-state index in [1.165, 1.54) is 31.0 Å². The van der Waals surface area contributed by atoms with Crippen molar-refractivity contribution in [1.82, 2.24) is 4.90 Å². The second kappa shape index (κ2) is 8.26. The number of benzene rings is 2. The Morgan fingerprint density at radius 1 is 1.24 bits per heavy atom. The predicted octanol–water partition coefficient (Wildman–Crippen LogP) is 1.41. The zero-order valence-corrected chi connectivity index (χ0v) is 16.7. The maximum absolute atomic E-state index is 14.0. The summed E-state index contributed by atoms with van der Waals surface area (Å²) in [4.78, 5) is 20.2. The zero-order valence-electron chi connectivity index (χ0n) is 15.9. The highest BCUT2D eigenvalue weighted by Crippen LogP contribution is 2.32. The number of thioether (sulfide) groups is 1. The molecule has 150 valence electrons. The average molecular weight is 413 g/mol. The highest BCUT2D eigenvalue weighted by Gasteiger charge is 2.31. The Hall–Kier alpha value is -2.84. The van der Waals surface area contributed by atoms with Gasteiger partial charge in [-0.15, -0.1) is 0 Å². The van der Waals surface area contributed by atoms with E-state index in [2.05, 4.69) is 9.89 Å². The van der Waals surface area contributed by atoms with Crippen LogP contribution < -0.4 is 14.7 Å². The van der Waals surface area contributed by atoms with Gasteiger partial charge >= 0.3 is 0 Å². The van der Waals surface area contributed by atoms with Gasteiger partial charge in [0.25, 0.3) is 5.91 Å². The van der Waals surface area contributed by atoms with E-state index in [-0.39, 0.29) is 23.2 Å². The minimum Gasteiger partial charge on any atom is -0.870 e. The topological polar surface area (TPSA) is 69.4 Å². The second-order valence-electron chi connectivity index (χ2n) is 6.79. The number of carbonyl (C=O) groups is 1. The van der Waals surface area contributed by atoms with E-state index in [4.69, 9.17) is 4.74 Å². The molecule has 0 bridgehead atoms. The Kier molecular flexibility index (Phi) is 5.55. The first-order valence-electron chi connectivity index (χ1n) is 9.27. The number of ether oxygens (including phenoxy) is 1. The van der Waals surface area contributed by atoms with Crippen LogP contribution in [0.25, 0.3) is 6.08 Å². The lowest BCUT2D eigenvalue weighted by Crippen LogP contribution is -3.10. The van der Waals surface area contributed by atoms with E-state index in [9.17, 15) is 14.3 Å². The highest BCUT2D eigenvalue weighted by molar-refractivity contribution is 8.18. The number of amidine groups is 1. The van der Waals surface area contributed by atoms with Crippen LogP contribution in [0.2, 0.25) is 0 Å². The molecule has 2 aromatic carbocycles. The van der Waals surface area contributed by atoms with Gasteiger partial charge in [-0.3, -0.25) is 9.69 Å². The molecule has 0 radical (unpaired) electrons. The molecule has 0 atom stereocenters. The van der Waals surface area contributed by atoms with Crippen LogP contribution >= 0.6 is 11.8 Å². The van der Waals surface area contributed by atoms with Crippen molar-refractivity contribution in [2.75, 3.05) is 33.3 Å². The summed E-state index contributed by atoms with van der Waals surface area (Å²) in [5, 5.41) is 12.3. The van der Waals surface area contributed by atoms with Gasteiger partial charge < -0.3 is 14.7 Å². The fraction of sp³-hybridized carbons (Fsp3) is 0.238. The first kappa shape index (κ1) is 19.5. The summed E-state index contributed by atoms with van der Waals surface area (Å²) in [6.07, 6.45) is 1.71. The number of para-hydroxylation sites is 1. The third kappa shape index (κ3) is 4.13. The molecule has 4 rings (SSSR count). The number of nitrogens with one attached hydrogen (secondary N) is 1. The van der Waals surface area contributed by atoms with Crippen LogP contribution in [-0.4, -0.2) is 49.3 Å². The molecule has 29 heavy (non-hydrogen) atoms. The molecule has 1 saturated heterocycles. The number of methoxy groups -OCH3 is 1. The lowest BCUT2D eigenvalue weighted by molar-refractivity contribution is -0.838. The van der Waals surface area contributed by atoms with E-state index in [0.717, 1.165) is 18.0 Å². The quantitative estimate of drug-likeness (QED) is 0.771. The van der Waals surface area contributed by atoms with E-state index in [1.807, 2.05) is 12.1 Å². The van der Waals surface area contributed by atoms with Crippen LogP contribution in [0.5, 0.6) is 11.5 Å². The summed E-state index contributed by atoms with van der Waals surface area (Å²) in [5.41, 5.74) is 1.39. The molecule has 1 fully saturated rings. The lowest BCUT2D eigenvalue weighted by Gasteiger charge is -2.32. The fourth-order valence-electron chi connectivity index (χ4n) is 3.44. The maximum atomic E-state index is 14.0. The molecule has 6 nitrogen and oxygen atoms in total. The number of amides is 1. The van der Waals surface area contributed by atoms with Crippen LogP contribution in [0.1, 0.15) is 5.56 Å². The van der Waals surface area contributed by atoms with E-state index < -0.39 is 0 Å². The summed E-state index contributed by atoms with van der Waals surface area (Å²) in [6, 6.07) is 11.5.